The van der Waals surface area contributed by atoms with Crippen molar-refractivity contribution in [2.75, 3.05) is 18.0 Å². The van der Waals surface area contributed by atoms with Gasteiger partial charge in [0.15, 0.2) is 0 Å². The maximum atomic E-state index is 13.9. The van der Waals surface area contributed by atoms with E-state index in [-0.39, 0.29) is 5.82 Å². The molecule has 1 N–H and O–H groups in total. The van der Waals surface area contributed by atoms with Crippen LogP contribution in [0.3, 0.4) is 0 Å². The zero-order valence-corrected chi connectivity index (χ0v) is 12.8. The molecule has 0 radical (unpaired) electrons. The zero-order chi connectivity index (χ0) is 14.4. The maximum absolute atomic E-state index is 13.9. The highest BCUT2D eigenvalue weighted by Gasteiger charge is 2.20. The molecule has 0 saturated heterocycles. The van der Waals surface area contributed by atoms with Crippen LogP contribution in [0.1, 0.15) is 51.5 Å². The van der Waals surface area contributed by atoms with Crippen LogP contribution in [-0.4, -0.2) is 19.1 Å². The molecule has 1 aromatic carbocycles. The van der Waals surface area contributed by atoms with Gasteiger partial charge in [-0.1, -0.05) is 26.2 Å². The van der Waals surface area contributed by atoms with E-state index in [1.54, 1.807) is 12.1 Å². The van der Waals surface area contributed by atoms with Crippen molar-refractivity contribution in [3.63, 3.8) is 0 Å². The lowest BCUT2D eigenvalue weighted by atomic mass is 9.93. The number of rotatable bonds is 6. The van der Waals surface area contributed by atoms with Gasteiger partial charge in [-0.3, -0.25) is 0 Å². The van der Waals surface area contributed by atoms with Gasteiger partial charge in [-0.15, -0.1) is 0 Å². The first-order valence-electron chi connectivity index (χ1n) is 8.01. The van der Waals surface area contributed by atoms with Crippen LogP contribution in [-0.2, 0) is 6.54 Å². The Balaban J connectivity index is 2.17. The predicted molar refractivity (Wildman–Crippen MR) is 83.7 cm³/mol. The van der Waals surface area contributed by atoms with Gasteiger partial charge in [0.2, 0.25) is 0 Å². The quantitative estimate of drug-likeness (QED) is 0.843. The van der Waals surface area contributed by atoms with Gasteiger partial charge < -0.3 is 10.2 Å². The molecule has 112 valence electrons. The first-order chi connectivity index (χ1) is 9.74. The Labute approximate surface area is 122 Å². The number of halogens is 1. The van der Waals surface area contributed by atoms with Crippen LogP contribution in [0, 0.1) is 5.82 Å². The summed E-state index contributed by atoms with van der Waals surface area (Å²) in [5.74, 6) is -0.121. The Morgan fingerprint density at radius 3 is 2.55 bits per heavy atom. The maximum Gasteiger partial charge on any atom is 0.125 e. The second kappa shape index (κ2) is 7.63. The average molecular weight is 278 g/mol. The molecule has 0 unspecified atom stereocenters. The Bertz CT molecular complexity index is 413. The molecule has 1 aliphatic rings. The Morgan fingerprint density at radius 2 is 1.90 bits per heavy atom. The Morgan fingerprint density at radius 1 is 1.15 bits per heavy atom. The first-order valence-corrected chi connectivity index (χ1v) is 8.01. The standard InChI is InChI=1S/C17H27FN2/c1-3-19-13-14-10-15(18)12-17(11-14)20(4-2)16-8-6-5-7-9-16/h10-12,16,19H,3-9,13H2,1-2H3. The van der Waals surface area contributed by atoms with Crippen molar-refractivity contribution in [3.8, 4) is 0 Å². The summed E-state index contributed by atoms with van der Waals surface area (Å²) in [6.07, 6.45) is 6.45. The molecule has 0 heterocycles. The van der Waals surface area contributed by atoms with Crippen molar-refractivity contribution in [1.29, 1.82) is 0 Å². The van der Waals surface area contributed by atoms with Crippen molar-refractivity contribution >= 4 is 5.69 Å². The van der Waals surface area contributed by atoms with Gasteiger partial charge in [0, 0.05) is 24.8 Å². The number of nitrogens with one attached hydrogen (secondary N) is 1. The molecule has 0 amide bonds. The summed E-state index contributed by atoms with van der Waals surface area (Å²) in [5.41, 5.74) is 2.09. The number of anilines is 1. The van der Waals surface area contributed by atoms with Crippen LogP contribution in [0.25, 0.3) is 0 Å². The second-order valence-corrected chi connectivity index (χ2v) is 5.68. The number of nitrogens with zero attached hydrogens (tertiary/aromatic N) is 1. The molecule has 1 fully saturated rings. The van der Waals surface area contributed by atoms with Crippen LogP contribution in [0.2, 0.25) is 0 Å². The molecule has 1 saturated carbocycles. The fourth-order valence-corrected chi connectivity index (χ4v) is 3.21. The van der Waals surface area contributed by atoms with E-state index in [1.165, 1.54) is 32.1 Å². The third kappa shape index (κ3) is 3.95. The van der Waals surface area contributed by atoms with Crippen LogP contribution in [0.15, 0.2) is 18.2 Å². The lowest BCUT2D eigenvalue weighted by Crippen LogP contribution is -2.36. The van der Waals surface area contributed by atoms with E-state index in [0.29, 0.717) is 6.04 Å². The molecule has 0 spiro atoms. The van der Waals surface area contributed by atoms with Gasteiger partial charge in [0.25, 0.3) is 0 Å². The lowest BCUT2D eigenvalue weighted by molar-refractivity contribution is 0.417. The van der Waals surface area contributed by atoms with Gasteiger partial charge in [-0.2, -0.15) is 0 Å². The van der Waals surface area contributed by atoms with E-state index >= 15 is 0 Å². The Hall–Kier alpha value is -1.09. The fraction of sp³-hybridized carbons (Fsp3) is 0.647. The molecular weight excluding hydrogens is 251 g/mol. The number of hydrogen-bond acceptors (Lipinski definition) is 2. The molecule has 2 rings (SSSR count). The molecule has 2 nitrogen and oxygen atoms in total. The number of benzene rings is 1. The van der Waals surface area contributed by atoms with Crippen LogP contribution < -0.4 is 10.2 Å². The summed E-state index contributed by atoms with van der Waals surface area (Å²) in [7, 11) is 0. The van der Waals surface area contributed by atoms with E-state index < -0.39 is 0 Å². The van der Waals surface area contributed by atoms with E-state index in [4.69, 9.17) is 0 Å². The summed E-state index contributed by atoms with van der Waals surface area (Å²) in [5, 5.41) is 3.27. The topological polar surface area (TPSA) is 15.3 Å². The molecule has 0 atom stereocenters. The van der Waals surface area contributed by atoms with Crippen LogP contribution in [0.5, 0.6) is 0 Å². The molecule has 1 aromatic rings. The van der Waals surface area contributed by atoms with Crippen molar-refractivity contribution < 1.29 is 4.39 Å². The SMILES string of the molecule is CCNCc1cc(F)cc(N(CC)C2CCCCC2)c1. The minimum absolute atomic E-state index is 0.121. The first kappa shape index (κ1) is 15.3. The summed E-state index contributed by atoms with van der Waals surface area (Å²) in [6.45, 7) is 6.84. The minimum Gasteiger partial charge on any atom is -0.369 e. The summed E-state index contributed by atoms with van der Waals surface area (Å²) >= 11 is 0. The molecule has 0 aromatic heterocycles. The molecule has 20 heavy (non-hydrogen) atoms. The average Bonchev–Trinajstić information content (AvgIpc) is 2.46. The molecule has 1 aliphatic carbocycles. The fourth-order valence-electron chi connectivity index (χ4n) is 3.21. The van der Waals surface area contributed by atoms with Gasteiger partial charge in [-0.25, -0.2) is 4.39 Å². The molecule has 3 heteroatoms. The van der Waals surface area contributed by atoms with E-state index in [2.05, 4.69) is 30.1 Å². The number of hydrogen-bond donors (Lipinski definition) is 1. The highest BCUT2D eigenvalue weighted by atomic mass is 19.1. The van der Waals surface area contributed by atoms with Gasteiger partial charge in [0.1, 0.15) is 5.82 Å². The molecule has 0 bridgehead atoms. The van der Waals surface area contributed by atoms with E-state index in [0.717, 1.165) is 30.9 Å². The highest BCUT2D eigenvalue weighted by molar-refractivity contribution is 5.50. The zero-order valence-electron chi connectivity index (χ0n) is 12.8. The van der Waals surface area contributed by atoms with E-state index in [1.807, 2.05) is 0 Å². The van der Waals surface area contributed by atoms with Gasteiger partial charge in [-0.05, 0) is 50.1 Å². The van der Waals surface area contributed by atoms with Crippen molar-refractivity contribution in [2.24, 2.45) is 0 Å². The normalized spacial score (nSPS) is 16.4. The van der Waals surface area contributed by atoms with Crippen LogP contribution in [0.4, 0.5) is 10.1 Å². The summed E-state index contributed by atoms with van der Waals surface area (Å²) in [6, 6.07) is 6.06. The minimum atomic E-state index is -0.121. The van der Waals surface area contributed by atoms with Crippen molar-refractivity contribution in [2.45, 2.75) is 58.5 Å². The Kier molecular flexibility index (Phi) is 5.84. The third-order valence-corrected chi connectivity index (χ3v) is 4.21. The second-order valence-electron chi connectivity index (χ2n) is 5.68. The lowest BCUT2D eigenvalue weighted by Gasteiger charge is -2.35. The predicted octanol–water partition coefficient (Wildman–Crippen LogP) is 4.09. The third-order valence-electron chi connectivity index (χ3n) is 4.21. The smallest absolute Gasteiger partial charge is 0.125 e. The van der Waals surface area contributed by atoms with Gasteiger partial charge in [0.05, 0.1) is 0 Å². The molecule has 0 aliphatic heterocycles. The monoisotopic (exact) mass is 278 g/mol. The van der Waals surface area contributed by atoms with Crippen molar-refractivity contribution in [3.05, 3.63) is 29.6 Å². The highest BCUT2D eigenvalue weighted by Crippen LogP contribution is 2.28. The summed E-state index contributed by atoms with van der Waals surface area (Å²) in [4.78, 5) is 2.39. The van der Waals surface area contributed by atoms with Crippen molar-refractivity contribution in [1.82, 2.24) is 5.32 Å². The summed E-state index contributed by atoms with van der Waals surface area (Å²) < 4.78 is 13.9. The van der Waals surface area contributed by atoms with Crippen LogP contribution >= 0.6 is 0 Å². The largest absolute Gasteiger partial charge is 0.369 e. The van der Waals surface area contributed by atoms with E-state index in [9.17, 15) is 4.39 Å². The molecular formula is C17H27FN2. The van der Waals surface area contributed by atoms with Gasteiger partial charge >= 0.3 is 0 Å².